The van der Waals surface area contributed by atoms with Gasteiger partial charge < -0.3 is 15.5 Å². The molecular weight excluding hydrogens is 226 g/mol. The third-order valence-electron chi connectivity index (χ3n) is 3.36. The molecule has 0 aromatic rings. The Labute approximate surface area is 111 Å². The molecule has 1 aliphatic heterocycles. The summed E-state index contributed by atoms with van der Waals surface area (Å²) in [6, 6.07) is 0.0163. The second kappa shape index (κ2) is 7.10. The molecule has 0 radical (unpaired) electrons. The molecule has 0 saturated carbocycles. The lowest BCUT2D eigenvalue weighted by atomic mass is 9.93. The second-order valence-corrected chi connectivity index (χ2v) is 6.48. The minimum atomic E-state index is 0.0163. The first-order valence-corrected chi connectivity index (χ1v) is 7.06. The van der Waals surface area contributed by atoms with Crippen LogP contribution in [0.2, 0.25) is 0 Å². The van der Waals surface area contributed by atoms with Gasteiger partial charge in [-0.05, 0) is 38.9 Å². The fourth-order valence-electron chi connectivity index (χ4n) is 2.61. The normalized spacial score (nSPS) is 21.7. The van der Waals surface area contributed by atoms with Crippen molar-refractivity contribution in [3.63, 3.8) is 0 Å². The van der Waals surface area contributed by atoms with Crippen molar-refractivity contribution in [2.75, 3.05) is 33.7 Å². The molecule has 0 bridgehead atoms. The SMILES string of the molecule is CN(C)CC(C)(C)CNC(=O)C1CCCCCN1. The Kier molecular flexibility index (Phi) is 6.09. The number of nitrogens with one attached hydrogen (secondary N) is 2. The molecule has 18 heavy (non-hydrogen) atoms. The molecule has 0 spiro atoms. The van der Waals surface area contributed by atoms with Crippen molar-refractivity contribution in [1.82, 2.24) is 15.5 Å². The van der Waals surface area contributed by atoms with E-state index in [9.17, 15) is 4.79 Å². The smallest absolute Gasteiger partial charge is 0.237 e. The van der Waals surface area contributed by atoms with E-state index in [-0.39, 0.29) is 17.4 Å². The maximum Gasteiger partial charge on any atom is 0.237 e. The molecule has 0 aliphatic carbocycles. The topological polar surface area (TPSA) is 44.4 Å². The zero-order valence-corrected chi connectivity index (χ0v) is 12.4. The molecule has 1 heterocycles. The largest absolute Gasteiger partial charge is 0.354 e. The first-order valence-electron chi connectivity index (χ1n) is 7.06. The molecule has 0 aromatic heterocycles. The summed E-state index contributed by atoms with van der Waals surface area (Å²) >= 11 is 0. The third-order valence-corrected chi connectivity index (χ3v) is 3.36. The molecule has 1 amide bonds. The molecule has 4 heteroatoms. The van der Waals surface area contributed by atoms with E-state index in [2.05, 4.69) is 43.5 Å². The lowest BCUT2D eigenvalue weighted by Crippen LogP contribution is -2.47. The first-order chi connectivity index (χ1) is 8.41. The summed E-state index contributed by atoms with van der Waals surface area (Å²) in [4.78, 5) is 14.3. The van der Waals surface area contributed by atoms with Crippen molar-refractivity contribution >= 4 is 5.91 Å². The monoisotopic (exact) mass is 255 g/mol. The summed E-state index contributed by atoms with van der Waals surface area (Å²) in [7, 11) is 4.13. The van der Waals surface area contributed by atoms with Crippen LogP contribution in [0.3, 0.4) is 0 Å². The van der Waals surface area contributed by atoms with Crippen molar-refractivity contribution in [2.45, 2.75) is 45.6 Å². The van der Waals surface area contributed by atoms with Gasteiger partial charge in [0.1, 0.15) is 0 Å². The minimum Gasteiger partial charge on any atom is -0.354 e. The van der Waals surface area contributed by atoms with Crippen LogP contribution in [-0.4, -0.2) is 50.6 Å². The van der Waals surface area contributed by atoms with Crippen LogP contribution in [0.15, 0.2) is 0 Å². The highest BCUT2D eigenvalue weighted by atomic mass is 16.2. The Morgan fingerprint density at radius 3 is 2.72 bits per heavy atom. The lowest BCUT2D eigenvalue weighted by Gasteiger charge is -2.29. The molecule has 1 saturated heterocycles. The van der Waals surface area contributed by atoms with Gasteiger partial charge in [0.15, 0.2) is 0 Å². The molecule has 106 valence electrons. The number of amides is 1. The van der Waals surface area contributed by atoms with Crippen LogP contribution >= 0.6 is 0 Å². The van der Waals surface area contributed by atoms with E-state index in [4.69, 9.17) is 0 Å². The summed E-state index contributed by atoms with van der Waals surface area (Å²) < 4.78 is 0. The minimum absolute atomic E-state index is 0.0163. The quantitative estimate of drug-likeness (QED) is 0.776. The molecule has 1 aliphatic rings. The predicted octanol–water partition coefficient (Wildman–Crippen LogP) is 1.22. The Hall–Kier alpha value is -0.610. The summed E-state index contributed by atoms with van der Waals surface area (Å²) in [6.07, 6.45) is 4.56. The highest BCUT2D eigenvalue weighted by Gasteiger charge is 2.23. The zero-order chi connectivity index (χ0) is 13.6. The maximum absolute atomic E-state index is 12.1. The summed E-state index contributed by atoms with van der Waals surface area (Å²) in [5.41, 5.74) is 0.115. The lowest BCUT2D eigenvalue weighted by molar-refractivity contribution is -0.123. The van der Waals surface area contributed by atoms with Gasteiger partial charge in [-0.25, -0.2) is 0 Å². The zero-order valence-electron chi connectivity index (χ0n) is 12.4. The van der Waals surface area contributed by atoms with Gasteiger partial charge in [0, 0.05) is 13.1 Å². The molecule has 1 fully saturated rings. The van der Waals surface area contributed by atoms with Crippen molar-refractivity contribution < 1.29 is 4.79 Å². The first kappa shape index (κ1) is 15.4. The van der Waals surface area contributed by atoms with Gasteiger partial charge in [0.25, 0.3) is 0 Å². The fourth-order valence-corrected chi connectivity index (χ4v) is 2.61. The Morgan fingerprint density at radius 1 is 1.33 bits per heavy atom. The second-order valence-electron chi connectivity index (χ2n) is 6.48. The number of nitrogens with zero attached hydrogens (tertiary/aromatic N) is 1. The van der Waals surface area contributed by atoms with E-state index in [0.717, 1.165) is 32.5 Å². The van der Waals surface area contributed by atoms with E-state index >= 15 is 0 Å². The molecule has 1 unspecified atom stereocenters. The third kappa shape index (κ3) is 5.83. The standard InChI is InChI=1S/C14H29N3O/c1-14(2,11-17(3)4)10-16-13(18)12-8-6-5-7-9-15-12/h12,15H,5-11H2,1-4H3,(H,16,18). The van der Waals surface area contributed by atoms with Crippen LogP contribution in [0, 0.1) is 5.41 Å². The highest BCUT2D eigenvalue weighted by molar-refractivity contribution is 5.81. The number of carbonyl (C=O) groups is 1. The van der Waals surface area contributed by atoms with E-state index in [1.54, 1.807) is 0 Å². The van der Waals surface area contributed by atoms with Crippen molar-refractivity contribution in [2.24, 2.45) is 5.41 Å². The predicted molar refractivity (Wildman–Crippen MR) is 75.6 cm³/mol. The molecule has 4 nitrogen and oxygen atoms in total. The van der Waals surface area contributed by atoms with Crippen LogP contribution in [-0.2, 0) is 4.79 Å². The Balaban J connectivity index is 2.35. The van der Waals surface area contributed by atoms with Crippen molar-refractivity contribution in [3.05, 3.63) is 0 Å². The Morgan fingerprint density at radius 2 is 2.06 bits per heavy atom. The van der Waals surface area contributed by atoms with Gasteiger partial charge >= 0.3 is 0 Å². The summed E-state index contributed by atoms with van der Waals surface area (Å²) in [6.45, 7) is 7.06. The Bertz CT molecular complexity index is 256. The van der Waals surface area contributed by atoms with Gasteiger partial charge in [-0.15, -0.1) is 0 Å². The van der Waals surface area contributed by atoms with Gasteiger partial charge in [0.2, 0.25) is 5.91 Å². The van der Waals surface area contributed by atoms with E-state index in [0.29, 0.717) is 0 Å². The van der Waals surface area contributed by atoms with Crippen LogP contribution in [0.4, 0.5) is 0 Å². The average molecular weight is 255 g/mol. The molecular formula is C14H29N3O. The van der Waals surface area contributed by atoms with Crippen LogP contribution in [0.1, 0.15) is 39.5 Å². The highest BCUT2D eigenvalue weighted by Crippen LogP contribution is 2.15. The summed E-state index contributed by atoms with van der Waals surface area (Å²) in [5, 5.41) is 6.43. The number of carbonyl (C=O) groups excluding carboxylic acids is 1. The van der Waals surface area contributed by atoms with E-state index < -0.39 is 0 Å². The summed E-state index contributed by atoms with van der Waals surface area (Å²) in [5.74, 6) is 0.170. The van der Waals surface area contributed by atoms with Crippen molar-refractivity contribution in [1.29, 1.82) is 0 Å². The molecule has 1 atom stereocenters. The molecule has 1 rings (SSSR count). The molecule has 2 N–H and O–H groups in total. The van der Waals surface area contributed by atoms with Crippen LogP contribution in [0.25, 0.3) is 0 Å². The van der Waals surface area contributed by atoms with Gasteiger partial charge in [0.05, 0.1) is 6.04 Å². The fraction of sp³-hybridized carbons (Fsp3) is 0.929. The number of rotatable bonds is 5. The average Bonchev–Trinajstić information content (AvgIpc) is 2.52. The number of hydrogen-bond acceptors (Lipinski definition) is 3. The van der Waals surface area contributed by atoms with Crippen LogP contribution < -0.4 is 10.6 Å². The number of hydrogen-bond donors (Lipinski definition) is 2. The van der Waals surface area contributed by atoms with Gasteiger partial charge in [-0.3, -0.25) is 4.79 Å². The van der Waals surface area contributed by atoms with Crippen molar-refractivity contribution in [3.8, 4) is 0 Å². The maximum atomic E-state index is 12.1. The van der Waals surface area contributed by atoms with Crippen LogP contribution in [0.5, 0.6) is 0 Å². The van der Waals surface area contributed by atoms with Gasteiger partial charge in [-0.1, -0.05) is 26.7 Å². The van der Waals surface area contributed by atoms with Gasteiger partial charge in [-0.2, -0.15) is 0 Å². The van der Waals surface area contributed by atoms with E-state index in [1.807, 2.05) is 0 Å². The molecule has 0 aromatic carbocycles. The van der Waals surface area contributed by atoms with E-state index in [1.165, 1.54) is 12.8 Å².